The normalized spacial score (nSPS) is 13.3. The van der Waals surface area contributed by atoms with Gasteiger partial charge in [0.1, 0.15) is 5.78 Å². The Morgan fingerprint density at radius 1 is 1.46 bits per heavy atom. The maximum Gasteiger partial charge on any atom is 0.149 e. The van der Waals surface area contributed by atoms with Crippen LogP contribution in [0.25, 0.3) is 0 Å². The molecule has 0 saturated carbocycles. The van der Waals surface area contributed by atoms with Crippen molar-refractivity contribution in [2.75, 3.05) is 20.6 Å². The van der Waals surface area contributed by atoms with Crippen LogP contribution in [0, 0.1) is 0 Å². The smallest absolute Gasteiger partial charge is 0.149 e. The average molecular weight is 188 g/mol. The summed E-state index contributed by atoms with van der Waals surface area (Å²) < 4.78 is 0. The van der Waals surface area contributed by atoms with Gasteiger partial charge in [-0.15, -0.1) is 0 Å². The zero-order valence-electron chi connectivity index (χ0n) is 9.05. The van der Waals surface area contributed by atoms with E-state index in [0.717, 1.165) is 25.8 Å². The molecule has 0 aliphatic rings. The molecule has 0 amide bonds. The van der Waals surface area contributed by atoms with Crippen LogP contribution in [0.2, 0.25) is 0 Å². The van der Waals surface area contributed by atoms with E-state index in [1.807, 2.05) is 25.9 Å². The molecule has 13 heavy (non-hydrogen) atoms. The largest absolute Gasteiger partial charge is 0.330 e. The Hall–Kier alpha value is -0.410. The van der Waals surface area contributed by atoms with Gasteiger partial charge in [0.15, 0.2) is 0 Å². The lowest BCUT2D eigenvalue weighted by molar-refractivity contribution is -0.123. The summed E-state index contributed by atoms with van der Waals surface area (Å²) in [5.41, 5.74) is 5.40. The summed E-state index contributed by atoms with van der Waals surface area (Å²) in [6, 6.07) is 0.0940. The van der Waals surface area contributed by atoms with Crippen molar-refractivity contribution in [3.63, 3.8) is 0 Å². The molecule has 0 aromatic carbocycles. The zero-order chi connectivity index (χ0) is 10.3. The molecule has 0 aliphatic carbocycles. The van der Waals surface area contributed by atoms with E-state index in [1.165, 1.54) is 0 Å². The highest BCUT2D eigenvalue weighted by molar-refractivity contribution is 5.83. The van der Waals surface area contributed by atoms with Crippen molar-refractivity contribution in [1.29, 1.82) is 0 Å². The Labute approximate surface area is 82.8 Å². The molecule has 2 N–H and O–H groups in total. The highest BCUT2D eigenvalue weighted by Crippen LogP contribution is 2.08. The maximum atomic E-state index is 11.5. The van der Waals surface area contributed by atoms with E-state index in [1.54, 1.807) is 0 Å². The number of Topliss-reactive ketones (excluding diaryl/α,β-unsaturated/α-hetero) is 1. The summed E-state index contributed by atoms with van der Waals surface area (Å²) in [6.07, 6.45) is 3.63. The van der Waals surface area contributed by atoms with Gasteiger partial charge in [-0.2, -0.15) is 0 Å². The van der Waals surface area contributed by atoms with E-state index in [-0.39, 0.29) is 7.47 Å². The molecule has 0 fully saturated rings. The summed E-state index contributed by atoms with van der Waals surface area (Å²) in [7, 11) is 3.92. The van der Waals surface area contributed by atoms with Gasteiger partial charge in [0.2, 0.25) is 0 Å². The second-order valence-corrected chi connectivity index (χ2v) is 3.58. The highest BCUT2D eigenvalue weighted by Gasteiger charge is 2.17. The van der Waals surface area contributed by atoms with Crippen LogP contribution >= 0.6 is 0 Å². The molecular formula is C10H24N2O. The molecule has 1 unspecified atom stereocenters. The fourth-order valence-corrected chi connectivity index (χ4v) is 1.42. The van der Waals surface area contributed by atoms with Crippen LogP contribution in [0.3, 0.4) is 0 Å². The summed E-state index contributed by atoms with van der Waals surface area (Å²) in [5.74, 6) is 0.335. The lowest BCUT2D eigenvalue weighted by Crippen LogP contribution is -2.35. The second kappa shape index (κ2) is 7.04. The minimum Gasteiger partial charge on any atom is -0.330 e. The van der Waals surface area contributed by atoms with Gasteiger partial charge in [0.25, 0.3) is 0 Å². The van der Waals surface area contributed by atoms with Gasteiger partial charge < -0.3 is 5.73 Å². The number of ketones is 1. The molecule has 3 nitrogen and oxygen atoms in total. The minimum atomic E-state index is 0. The van der Waals surface area contributed by atoms with Crippen molar-refractivity contribution in [2.45, 2.75) is 38.6 Å². The standard InChI is InChI=1S/C10H22N2O.H2/c1-4-10(13)9(12(2)3)7-5-6-8-11;/h9H,4-8,11H2,1-3H3;1H. The number of hydrogen-bond acceptors (Lipinski definition) is 3. The first kappa shape index (κ1) is 12.6. The Morgan fingerprint density at radius 3 is 2.46 bits per heavy atom. The fraction of sp³-hybridized carbons (Fsp3) is 0.900. The summed E-state index contributed by atoms with van der Waals surface area (Å²) in [5, 5.41) is 0. The molecule has 0 aromatic rings. The van der Waals surface area contributed by atoms with E-state index in [9.17, 15) is 4.79 Å². The lowest BCUT2D eigenvalue weighted by Gasteiger charge is -2.22. The van der Waals surface area contributed by atoms with Crippen LogP contribution < -0.4 is 5.73 Å². The third-order valence-electron chi connectivity index (χ3n) is 2.28. The molecule has 3 heteroatoms. The van der Waals surface area contributed by atoms with Crippen LogP contribution in [0.1, 0.15) is 34.0 Å². The van der Waals surface area contributed by atoms with Gasteiger partial charge in [0, 0.05) is 7.85 Å². The number of carbonyl (C=O) groups is 1. The van der Waals surface area contributed by atoms with Crippen molar-refractivity contribution in [3.8, 4) is 0 Å². The third-order valence-corrected chi connectivity index (χ3v) is 2.28. The van der Waals surface area contributed by atoms with E-state index in [2.05, 4.69) is 0 Å². The lowest BCUT2D eigenvalue weighted by atomic mass is 10.0. The monoisotopic (exact) mass is 188 g/mol. The molecule has 80 valence electrons. The summed E-state index contributed by atoms with van der Waals surface area (Å²) in [4.78, 5) is 13.5. The topological polar surface area (TPSA) is 46.3 Å². The van der Waals surface area contributed by atoms with Gasteiger partial charge >= 0.3 is 0 Å². The number of likely N-dealkylation sites (N-methyl/N-ethyl adjacent to an activating group) is 1. The molecule has 0 aliphatic heterocycles. The Bertz CT molecular complexity index is 151. The van der Waals surface area contributed by atoms with Gasteiger partial charge in [-0.3, -0.25) is 9.69 Å². The summed E-state index contributed by atoms with van der Waals surface area (Å²) in [6.45, 7) is 2.64. The molecule has 0 radical (unpaired) electrons. The Kier molecular flexibility index (Phi) is 6.82. The van der Waals surface area contributed by atoms with Gasteiger partial charge in [0.05, 0.1) is 6.04 Å². The number of nitrogens with two attached hydrogens (primary N) is 1. The predicted octanol–water partition coefficient (Wildman–Crippen LogP) is 1.27. The van der Waals surface area contributed by atoms with Crippen LogP contribution in [0.5, 0.6) is 0 Å². The van der Waals surface area contributed by atoms with Crippen molar-refractivity contribution >= 4 is 5.78 Å². The van der Waals surface area contributed by atoms with Gasteiger partial charge in [-0.25, -0.2) is 0 Å². The molecule has 0 rings (SSSR count). The molecule has 1 atom stereocenters. The third kappa shape index (κ3) is 5.01. The predicted molar refractivity (Wildman–Crippen MR) is 57.8 cm³/mol. The highest BCUT2D eigenvalue weighted by atomic mass is 16.1. The van der Waals surface area contributed by atoms with Crippen LogP contribution in [0.4, 0.5) is 0 Å². The zero-order valence-corrected chi connectivity index (χ0v) is 9.05. The Morgan fingerprint density at radius 2 is 2.08 bits per heavy atom. The first-order valence-electron chi connectivity index (χ1n) is 5.02. The number of nitrogens with zero attached hydrogens (tertiary/aromatic N) is 1. The molecule has 0 saturated heterocycles. The second-order valence-electron chi connectivity index (χ2n) is 3.58. The number of unbranched alkanes of at least 4 members (excludes halogenated alkanes) is 1. The van der Waals surface area contributed by atoms with Crippen molar-refractivity contribution in [2.24, 2.45) is 5.73 Å². The van der Waals surface area contributed by atoms with Gasteiger partial charge in [-0.05, 0) is 33.5 Å². The van der Waals surface area contributed by atoms with Crippen LogP contribution in [-0.2, 0) is 4.79 Å². The molecule has 0 heterocycles. The van der Waals surface area contributed by atoms with E-state index in [4.69, 9.17) is 5.73 Å². The van der Waals surface area contributed by atoms with Crippen LogP contribution in [0.15, 0.2) is 0 Å². The molecule has 0 bridgehead atoms. The van der Waals surface area contributed by atoms with Crippen molar-refractivity contribution < 1.29 is 6.22 Å². The molecule has 0 aromatic heterocycles. The fourth-order valence-electron chi connectivity index (χ4n) is 1.42. The number of hydrogen-bond donors (Lipinski definition) is 1. The first-order chi connectivity index (χ1) is 6.13. The summed E-state index contributed by atoms with van der Waals surface area (Å²) >= 11 is 0. The average Bonchev–Trinajstić information content (AvgIpc) is 2.11. The number of carbonyl (C=O) groups excluding carboxylic acids is 1. The maximum absolute atomic E-state index is 11.5. The SMILES string of the molecule is CCC(=O)C(CCCCN)N(C)C.[HH]. The van der Waals surface area contributed by atoms with Crippen LogP contribution in [-0.4, -0.2) is 37.4 Å². The van der Waals surface area contributed by atoms with E-state index in [0.29, 0.717) is 12.2 Å². The van der Waals surface area contributed by atoms with Crippen molar-refractivity contribution in [1.82, 2.24) is 4.90 Å². The number of rotatable bonds is 7. The van der Waals surface area contributed by atoms with Gasteiger partial charge in [-0.1, -0.05) is 13.3 Å². The quantitative estimate of drug-likeness (QED) is 0.612. The Balaban J connectivity index is 0. The van der Waals surface area contributed by atoms with E-state index >= 15 is 0 Å². The van der Waals surface area contributed by atoms with E-state index < -0.39 is 0 Å². The molecular weight excluding hydrogens is 164 g/mol. The minimum absolute atomic E-state index is 0. The molecule has 0 spiro atoms. The van der Waals surface area contributed by atoms with Crippen molar-refractivity contribution in [3.05, 3.63) is 0 Å². The first-order valence-corrected chi connectivity index (χ1v) is 5.02.